The van der Waals surface area contributed by atoms with Crippen LogP contribution in [-0.2, 0) is 20.7 Å². The van der Waals surface area contributed by atoms with Crippen molar-refractivity contribution in [1.29, 1.82) is 0 Å². The molecule has 3 heterocycles. The molecule has 0 saturated carbocycles. The van der Waals surface area contributed by atoms with E-state index in [1.807, 2.05) is 15.9 Å². The molecule has 30 heavy (non-hydrogen) atoms. The zero-order chi connectivity index (χ0) is 21.3. The molecule has 1 amide bonds. The van der Waals surface area contributed by atoms with Crippen molar-refractivity contribution in [1.82, 2.24) is 14.7 Å². The Hall–Kier alpha value is -1.96. The van der Waals surface area contributed by atoms with Crippen LogP contribution in [0.1, 0.15) is 29.5 Å². The number of carboxylic acids is 1. The standard InChI is InChI=1S/C23H33N3O4/c1-16-5-6-18(11-17(16)2)12-21(27)26-10-9-25(13-22(28)29)20-15-30-14-19(23(20)26)24-7-3-4-8-24/h5-6,11,19-20,23H,3-4,7-10,12-15H2,1-2H3,(H,28,29)/t19-,20?,23?/m0/s1. The largest absolute Gasteiger partial charge is 0.480 e. The Labute approximate surface area is 178 Å². The number of benzene rings is 1. The van der Waals surface area contributed by atoms with Crippen LogP contribution in [0.25, 0.3) is 0 Å². The van der Waals surface area contributed by atoms with Gasteiger partial charge < -0.3 is 14.7 Å². The molecular formula is C23H33N3O4. The molecule has 3 atom stereocenters. The van der Waals surface area contributed by atoms with E-state index in [0.717, 1.165) is 18.7 Å². The van der Waals surface area contributed by atoms with Gasteiger partial charge in [0.15, 0.2) is 0 Å². The zero-order valence-corrected chi connectivity index (χ0v) is 18.0. The molecule has 3 aliphatic heterocycles. The fourth-order valence-electron chi connectivity index (χ4n) is 5.30. The molecule has 3 fully saturated rings. The van der Waals surface area contributed by atoms with Crippen LogP contribution in [0.2, 0.25) is 0 Å². The van der Waals surface area contributed by atoms with Gasteiger partial charge in [0.05, 0.1) is 44.3 Å². The second-order valence-electron chi connectivity index (χ2n) is 8.95. The summed E-state index contributed by atoms with van der Waals surface area (Å²) in [4.78, 5) is 31.3. The zero-order valence-electron chi connectivity index (χ0n) is 18.0. The highest BCUT2D eigenvalue weighted by molar-refractivity contribution is 5.79. The topological polar surface area (TPSA) is 73.3 Å². The van der Waals surface area contributed by atoms with Crippen LogP contribution in [0.4, 0.5) is 0 Å². The highest BCUT2D eigenvalue weighted by atomic mass is 16.5. The van der Waals surface area contributed by atoms with Gasteiger partial charge in [-0.3, -0.25) is 19.4 Å². The Kier molecular flexibility index (Phi) is 6.41. The minimum Gasteiger partial charge on any atom is -0.480 e. The summed E-state index contributed by atoms with van der Waals surface area (Å²) >= 11 is 0. The molecule has 1 aromatic rings. The number of likely N-dealkylation sites (tertiary alicyclic amines) is 1. The van der Waals surface area contributed by atoms with E-state index in [9.17, 15) is 14.7 Å². The minimum atomic E-state index is -0.827. The fourth-order valence-corrected chi connectivity index (χ4v) is 5.30. The van der Waals surface area contributed by atoms with E-state index in [2.05, 4.69) is 30.9 Å². The van der Waals surface area contributed by atoms with Crippen molar-refractivity contribution in [2.24, 2.45) is 0 Å². The second kappa shape index (κ2) is 9.04. The maximum absolute atomic E-state index is 13.4. The van der Waals surface area contributed by atoms with Crippen LogP contribution in [0.15, 0.2) is 18.2 Å². The third-order valence-corrected chi connectivity index (χ3v) is 7.02. The lowest BCUT2D eigenvalue weighted by atomic mass is 9.90. The van der Waals surface area contributed by atoms with Gasteiger partial charge in [0.1, 0.15) is 0 Å². The molecular weight excluding hydrogens is 382 g/mol. The Morgan fingerprint density at radius 1 is 1.03 bits per heavy atom. The maximum Gasteiger partial charge on any atom is 0.317 e. The van der Waals surface area contributed by atoms with Crippen LogP contribution in [-0.4, -0.2) is 95.7 Å². The lowest BCUT2D eigenvalue weighted by molar-refractivity contribution is -0.156. The van der Waals surface area contributed by atoms with Crippen molar-refractivity contribution in [2.45, 2.75) is 51.2 Å². The van der Waals surface area contributed by atoms with E-state index < -0.39 is 5.97 Å². The minimum absolute atomic E-state index is 0.00354. The summed E-state index contributed by atoms with van der Waals surface area (Å²) in [5.41, 5.74) is 3.47. The average molecular weight is 416 g/mol. The molecule has 7 heteroatoms. The Morgan fingerprint density at radius 3 is 2.47 bits per heavy atom. The molecule has 3 aliphatic rings. The molecule has 2 unspecified atom stereocenters. The monoisotopic (exact) mass is 415 g/mol. The van der Waals surface area contributed by atoms with Gasteiger partial charge in [-0.2, -0.15) is 0 Å². The van der Waals surface area contributed by atoms with Gasteiger partial charge in [-0.1, -0.05) is 18.2 Å². The molecule has 164 valence electrons. The fraction of sp³-hybridized carbons (Fsp3) is 0.652. The van der Waals surface area contributed by atoms with Crippen LogP contribution < -0.4 is 0 Å². The Morgan fingerprint density at radius 2 is 1.77 bits per heavy atom. The SMILES string of the molecule is Cc1ccc(CC(=O)N2CCN(CC(=O)O)C3COC[C@H](N4CCCC4)C32)cc1C. The number of hydrogen-bond acceptors (Lipinski definition) is 5. The van der Waals surface area contributed by atoms with Gasteiger partial charge in [-0.05, 0) is 56.5 Å². The molecule has 0 bridgehead atoms. The van der Waals surface area contributed by atoms with Gasteiger partial charge >= 0.3 is 5.97 Å². The lowest BCUT2D eigenvalue weighted by Crippen LogP contribution is -2.72. The van der Waals surface area contributed by atoms with Gasteiger partial charge in [-0.25, -0.2) is 0 Å². The summed E-state index contributed by atoms with van der Waals surface area (Å²) < 4.78 is 5.94. The number of nitrogens with zero attached hydrogens (tertiary/aromatic N) is 3. The number of carboxylic acid groups (broad SMARTS) is 1. The van der Waals surface area contributed by atoms with E-state index >= 15 is 0 Å². The van der Waals surface area contributed by atoms with Gasteiger partial charge in [0.2, 0.25) is 5.91 Å². The lowest BCUT2D eigenvalue weighted by Gasteiger charge is -2.54. The van der Waals surface area contributed by atoms with Crippen molar-refractivity contribution < 1.29 is 19.4 Å². The third-order valence-electron chi connectivity index (χ3n) is 7.02. The van der Waals surface area contributed by atoms with E-state index in [0.29, 0.717) is 32.7 Å². The molecule has 3 saturated heterocycles. The van der Waals surface area contributed by atoms with Gasteiger partial charge in [-0.15, -0.1) is 0 Å². The molecule has 0 radical (unpaired) electrons. The number of carbonyl (C=O) groups is 2. The van der Waals surface area contributed by atoms with E-state index in [4.69, 9.17) is 4.74 Å². The summed E-state index contributed by atoms with van der Waals surface area (Å²) in [5.74, 6) is -0.693. The van der Waals surface area contributed by atoms with Crippen LogP contribution >= 0.6 is 0 Å². The van der Waals surface area contributed by atoms with E-state index in [1.54, 1.807) is 0 Å². The van der Waals surface area contributed by atoms with Crippen LogP contribution in [0.5, 0.6) is 0 Å². The highest BCUT2D eigenvalue weighted by Gasteiger charge is 2.48. The predicted molar refractivity (Wildman–Crippen MR) is 114 cm³/mol. The van der Waals surface area contributed by atoms with Crippen LogP contribution in [0.3, 0.4) is 0 Å². The van der Waals surface area contributed by atoms with Gasteiger partial charge in [0.25, 0.3) is 0 Å². The second-order valence-corrected chi connectivity index (χ2v) is 8.95. The van der Waals surface area contributed by atoms with Crippen molar-refractivity contribution in [3.63, 3.8) is 0 Å². The normalized spacial score (nSPS) is 27.8. The van der Waals surface area contributed by atoms with Crippen molar-refractivity contribution in [2.75, 3.05) is 45.9 Å². The first-order chi connectivity index (χ1) is 14.4. The summed E-state index contributed by atoms with van der Waals surface area (Å²) in [7, 11) is 0. The summed E-state index contributed by atoms with van der Waals surface area (Å²) in [5, 5.41) is 9.38. The van der Waals surface area contributed by atoms with Gasteiger partial charge in [0, 0.05) is 13.1 Å². The van der Waals surface area contributed by atoms with E-state index in [1.165, 1.54) is 24.0 Å². The first-order valence-corrected chi connectivity index (χ1v) is 11.1. The summed E-state index contributed by atoms with van der Waals surface area (Å²) in [6.07, 6.45) is 2.73. The number of carbonyl (C=O) groups excluding carboxylic acids is 1. The molecule has 4 rings (SSSR count). The maximum atomic E-state index is 13.4. The van der Waals surface area contributed by atoms with Crippen LogP contribution in [0, 0.1) is 13.8 Å². The predicted octanol–water partition coefficient (Wildman–Crippen LogP) is 1.31. The number of hydrogen-bond donors (Lipinski definition) is 1. The number of aryl methyl sites for hydroxylation is 2. The summed E-state index contributed by atoms with van der Waals surface area (Å²) in [6, 6.07) is 6.26. The summed E-state index contributed by atoms with van der Waals surface area (Å²) in [6.45, 7) is 8.43. The average Bonchev–Trinajstić information content (AvgIpc) is 3.25. The smallest absolute Gasteiger partial charge is 0.317 e. The molecule has 0 spiro atoms. The molecule has 7 nitrogen and oxygen atoms in total. The third kappa shape index (κ3) is 4.38. The number of aliphatic carboxylic acids is 1. The number of ether oxygens (including phenoxy) is 1. The molecule has 0 aromatic heterocycles. The highest BCUT2D eigenvalue weighted by Crippen LogP contribution is 2.30. The molecule has 1 N–H and O–H groups in total. The van der Waals surface area contributed by atoms with Crippen molar-refractivity contribution >= 4 is 11.9 Å². The van der Waals surface area contributed by atoms with Crippen molar-refractivity contribution in [3.05, 3.63) is 34.9 Å². The quantitative estimate of drug-likeness (QED) is 0.782. The van der Waals surface area contributed by atoms with Crippen molar-refractivity contribution in [3.8, 4) is 0 Å². The number of fused-ring (bicyclic) bond motifs is 1. The number of piperazine rings is 1. The number of rotatable bonds is 5. The number of amides is 1. The first-order valence-electron chi connectivity index (χ1n) is 11.1. The Bertz CT molecular complexity index is 793. The molecule has 1 aromatic carbocycles. The Balaban J connectivity index is 1.57. The first kappa shape index (κ1) is 21.3. The van der Waals surface area contributed by atoms with E-state index in [-0.39, 0.29) is 30.6 Å². The molecule has 0 aliphatic carbocycles.